The Labute approximate surface area is 168 Å². The van der Waals surface area contributed by atoms with E-state index in [1.807, 2.05) is 43.3 Å². The van der Waals surface area contributed by atoms with Crippen LogP contribution in [0.15, 0.2) is 71.3 Å². The summed E-state index contributed by atoms with van der Waals surface area (Å²) in [6.45, 7) is 0.303. The van der Waals surface area contributed by atoms with Crippen LogP contribution in [0.1, 0.15) is 22.2 Å². The van der Waals surface area contributed by atoms with Crippen LogP contribution in [0.5, 0.6) is 0 Å². The van der Waals surface area contributed by atoms with Crippen LogP contribution in [-0.4, -0.2) is 36.4 Å². The molecule has 0 aliphatic heterocycles. The summed E-state index contributed by atoms with van der Waals surface area (Å²) in [6.07, 6.45) is 1.58. The third kappa shape index (κ3) is 4.99. The van der Waals surface area contributed by atoms with Crippen molar-refractivity contribution in [2.45, 2.75) is 6.04 Å². The van der Waals surface area contributed by atoms with Gasteiger partial charge in [-0.25, -0.2) is 0 Å². The fourth-order valence-corrected chi connectivity index (χ4v) is 2.92. The van der Waals surface area contributed by atoms with Gasteiger partial charge in [-0.1, -0.05) is 18.2 Å². The van der Waals surface area contributed by atoms with Gasteiger partial charge in [0.15, 0.2) is 0 Å². The molecule has 8 nitrogen and oxygen atoms in total. The first-order valence-corrected chi connectivity index (χ1v) is 9.04. The Bertz CT molecular complexity index is 972. The molecular formula is C21H22N4O4. The highest BCUT2D eigenvalue weighted by Crippen LogP contribution is 2.28. The monoisotopic (exact) mass is 394 g/mol. The van der Waals surface area contributed by atoms with Gasteiger partial charge in [0.2, 0.25) is 0 Å². The second-order valence-electron chi connectivity index (χ2n) is 6.68. The quantitative estimate of drug-likeness (QED) is 0.443. The molecule has 0 spiro atoms. The number of rotatable bonds is 8. The molecule has 2 N–H and O–H groups in total. The van der Waals surface area contributed by atoms with Crippen molar-refractivity contribution < 1.29 is 14.1 Å². The summed E-state index contributed by atoms with van der Waals surface area (Å²) in [7, 11) is 3.77. The minimum Gasteiger partial charge on any atom is -0.468 e. The van der Waals surface area contributed by atoms with E-state index in [2.05, 4.69) is 10.6 Å². The maximum atomic E-state index is 12.6. The maximum absolute atomic E-state index is 12.6. The summed E-state index contributed by atoms with van der Waals surface area (Å²) >= 11 is 0. The number of hydrogen-bond donors (Lipinski definition) is 2. The highest BCUT2D eigenvalue weighted by Gasteiger charge is 2.21. The van der Waals surface area contributed by atoms with E-state index >= 15 is 0 Å². The second kappa shape index (κ2) is 9.03. The normalized spacial score (nSPS) is 11.8. The van der Waals surface area contributed by atoms with E-state index in [1.165, 1.54) is 12.1 Å². The number of anilines is 2. The molecule has 1 amide bonds. The van der Waals surface area contributed by atoms with Crippen molar-refractivity contribution in [2.75, 3.05) is 26.0 Å². The number of likely N-dealkylation sites (N-methyl/N-ethyl adjacent to an activating group) is 1. The molecule has 3 rings (SSSR count). The van der Waals surface area contributed by atoms with E-state index in [0.29, 0.717) is 12.2 Å². The van der Waals surface area contributed by atoms with Crippen LogP contribution in [0.4, 0.5) is 17.1 Å². The van der Waals surface area contributed by atoms with Crippen LogP contribution in [0.2, 0.25) is 0 Å². The Morgan fingerprint density at radius 3 is 2.52 bits per heavy atom. The lowest BCUT2D eigenvalue weighted by Gasteiger charge is -2.22. The molecule has 8 heteroatoms. The standard InChI is InChI=1S/C21H22N4O4/c1-24(2)19(20-9-6-12-29-20)14-22-21(26)15-10-11-17(18(13-15)25(27)28)23-16-7-4-3-5-8-16/h3-13,19,23H,14H2,1-2H3,(H,22,26). The number of amides is 1. The molecule has 0 fully saturated rings. The summed E-state index contributed by atoms with van der Waals surface area (Å²) in [4.78, 5) is 25.5. The number of nitrogens with zero attached hydrogens (tertiary/aromatic N) is 2. The van der Waals surface area contributed by atoms with Crippen molar-refractivity contribution in [3.63, 3.8) is 0 Å². The van der Waals surface area contributed by atoms with Crippen LogP contribution in [0.3, 0.4) is 0 Å². The molecule has 3 aromatic rings. The van der Waals surface area contributed by atoms with E-state index in [9.17, 15) is 14.9 Å². The Morgan fingerprint density at radius 2 is 1.90 bits per heavy atom. The van der Waals surface area contributed by atoms with E-state index in [4.69, 9.17) is 4.42 Å². The molecule has 0 aliphatic rings. The third-order valence-electron chi connectivity index (χ3n) is 4.46. The van der Waals surface area contributed by atoms with Crippen molar-refractivity contribution in [1.29, 1.82) is 0 Å². The molecule has 29 heavy (non-hydrogen) atoms. The summed E-state index contributed by atoms with van der Waals surface area (Å²) < 4.78 is 5.43. The van der Waals surface area contributed by atoms with E-state index in [0.717, 1.165) is 11.4 Å². The predicted octanol–water partition coefficient (Wildman–Crippen LogP) is 3.96. The minimum atomic E-state index is -0.506. The van der Waals surface area contributed by atoms with Gasteiger partial charge in [0.1, 0.15) is 11.4 Å². The molecule has 2 aromatic carbocycles. The fraction of sp³-hybridized carbons (Fsp3) is 0.190. The van der Waals surface area contributed by atoms with Crippen molar-refractivity contribution in [1.82, 2.24) is 10.2 Å². The molecule has 1 unspecified atom stereocenters. The van der Waals surface area contributed by atoms with Crippen molar-refractivity contribution in [3.8, 4) is 0 Å². The number of carbonyl (C=O) groups is 1. The first kappa shape index (κ1) is 20.1. The van der Waals surface area contributed by atoms with Crippen LogP contribution >= 0.6 is 0 Å². The van der Waals surface area contributed by atoms with Crippen LogP contribution in [0.25, 0.3) is 0 Å². The second-order valence-corrected chi connectivity index (χ2v) is 6.68. The summed E-state index contributed by atoms with van der Waals surface area (Å²) in [5, 5.41) is 17.3. The van der Waals surface area contributed by atoms with E-state index in [1.54, 1.807) is 30.5 Å². The smallest absolute Gasteiger partial charge is 0.293 e. The first-order chi connectivity index (χ1) is 14.0. The largest absolute Gasteiger partial charge is 0.468 e. The zero-order chi connectivity index (χ0) is 20.8. The molecule has 1 aromatic heterocycles. The van der Waals surface area contributed by atoms with Crippen molar-refractivity contribution in [2.24, 2.45) is 0 Å². The molecule has 0 aliphatic carbocycles. The topological polar surface area (TPSA) is 101 Å². The van der Waals surface area contributed by atoms with E-state index < -0.39 is 10.8 Å². The lowest BCUT2D eigenvalue weighted by molar-refractivity contribution is -0.383. The van der Waals surface area contributed by atoms with Gasteiger partial charge in [-0.3, -0.25) is 19.8 Å². The molecule has 150 valence electrons. The van der Waals surface area contributed by atoms with Gasteiger partial charge < -0.3 is 15.1 Å². The van der Waals surface area contributed by atoms with Gasteiger partial charge in [-0.15, -0.1) is 0 Å². The summed E-state index contributed by atoms with van der Waals surface area (Å²) in [5.74, 6) is 0.335. The van der Waals surface area contributed by atoms with Gasteiger partial charge in [-0.2, -0.15) is 0 Å². The Hall–Kier alpha value is -3.65. The number of nitro benzene ring substituents is 1. The number of hydrogen-bond acceptors (Lipinski definition) is 6. The third-order valence-corrected chi connectivity index (χ3v) is 4.46. The zero-order valence-electron chi connectivity index (χ0n) is 16.2. The highest BCUT2D eigenvalue weighted by molar-refractivity contribution is 5.96. The van der Waals surface area contributed by atoms with Crippen LogP contribution in [-0.2, 0) is 0 Å². The fourth-order valence-electron chi connectivity index (χ4n) is 2.92. The average molecular weight is 394 g/mol. The van der Waals surface area contributed by atoms with Crippen molar-refractivity contribution in [3.05, 3.63) is 88.4 Å². The van der Waals surface area contributed by atoms with Crippen LogP contribution < -0.4 is 10.6 Å². The number of carbonyl (C=O) groups excluding carboxylic acids is 1. The SMILES string of the molecule is CN(C)C(CNC(=O)c1ccc(Nc2ccccc2)c([N+](=O)[O-])c1)c1ccco1. The summed E-state index contributed by atoms with van der Waals surface area (Å²) in [5.41, 5.74) is 1.09. The minimum absolute atomic E-state index is 0.150. The van der Waals surface area contributed by atoms with Crippen LogP contribution in [0, 0.1) is 10.1 Å². The first-order valence-electron chi connectivity index (χ1n) is 9.04. The molecular weight excluding hydrogens is 372 g/mol. The van der Waals surface area contributed by atoms with Gasteiger partial charge in [0.05, 0.1) is 17.2 Å². The van der Waals surface area contributed by atoms with Gasteiger partial charge >= 0.3 is 0 Å². The van der Waals surface area contributed by atoms with Gasteiger partial charge in [0.25, 0.3) is 11.6 Å². The predicted molar refractivity (Wildman–Crippen MR) is 110 cm³/mol. The number of nitro groups is 1. The van der Waals surface area contributed by atoms with Gasteiger partial charge in [0, 0.05) is 23.9 Å². The molecule has 0 radical (unpaired) electrons. The summed E-state index contributed by atoms with van der Waals surface area (Å²) in [6, 6.07) is 17.0. The number of para-hydroxylation sites is 1. The van der Waals surface area contributed by atoms with Gasteiger partial charge in [-0.05, 0) is 50.5 Å². The zero-order valence-corrected chi connectivity index (χ0v) is 16.2. The highest BCUT2D eigenvalue weighted by atomic mass is 16.6. The molecule has 0 saturated heterocycles. The number of benzene rings is 2. The Kier molecular flexibility index (Phi) is 6.25. The number of furan rings is 1. The van der Waals surface area contributed by atoms with E-state index in [-0.39, 0.29) is 17.3 Å². The number of nitrogens with one attached hydrogen (secondary N) is 2. The molecule has 0 bridgehead atoms. The lowest BCUT2D eigenvalue weighted by Crippen LogP contribution is -2.34. The average Bonchev–Trinajstić information content (AvgIpc) is 3.23. The lowest BCUT2D eigenvalue weighted by atomic mass is 10.1. The molecule has 1 heterocycles. The molecule has 1 atom stereocenters. The maximum Gasteiger partial charge on any atom is 0.293 e. The Morgan fingerprint density at radius 1 is 1.14 bits per heavy atom. The van der Waals surface area contributed by atoms with Crippen molar-refractivity contribution >= 4 is 23.0 Å². The molecule has 0 saturated carbocycles. The Balaban J connectivity index is 1.75.